The van der Waals surface area contributed by atoms with Crippen LogP contribution in [0.4, 0.5) is 17.6 Å². The van der Waals surface area contributed by atoms with Gasteiger partial charge >= 0.3 is 12.3 Å². The number of sulfonamides is 5. The maximum Gasteiger partial charge on any atom is 0.573 e. The van der Waals surface area contributed by atoms with E-state index >= 15 is 0 Å². The third-order valence-electron chi connectivity index (χ3n) is 19.9. The standard InChI is InChI=1S/C20H17ClN2O3S.C20H18N2O4S.C15H14BrNO3S.C12H10N2O3S.C8H6ClF3O2.C7H6BrNO2S.C5H5NO.C4H8O.C3H6O2.CH3F.ClH/c1-14-4-6-19(21)15(9-14)12-23-13-16-10-17(5-7-20(16)27(23,24)25)26-18-3-2-8-22-11-18;1-25-17-6-4-15(5-7-17)13-22-14-16-11-18(8-9-20(16)27(22,23)24)26-19-3-2-10-21-12-19;1-20-14-5-2-11(3-6-14)9-17-10-12-8-13(16)4-7-15(12)21(17,18)19;15-18(16)12-4-3-10(6-9(12)7-14-18)17-11-2-1-5-13-8-11;9-7-2-1-6(3-5(7)4-13)14-8(10,11)12;8-6-1-2-7-5(3-6)4-9-12(7,10)11;7-5-2-1-3-6-4-5;1-2-4-5-3-1;1-2-3(4)5;1-2;/h2-11H,12-13H2,1H3;2-12H,13-14H2,1H3;2-8H,9-10H2,1H3;1-6,8,14H,7H2;1-3,13H,4H2;1-3,9H,4H2;1-4,7H;1-4H2;2H2,1H3,(H,4,5);1H3;1H/i;;;;;;;;;1D;. The molecule has 10 heterocycles. The number of nitrogens with one attached hydrogen (secondary N) is 2. The van der Waals surface area contributed by atoms with Crippen molar-refractivity contribution in [3.63, 3.8) is 0 Å². The predicted molar refractivity (Wildman–Crippen MR) is 522 cm³/mol. The Morgan fingerprint density at radius 1 is 0.475 bits per heavy atom. The molecule has 9 aromatic carbocycles. The van der Waals surface area contributed by atoms with Gasteiger partial charge < -0.3 is 48.5 Å². The van der Waals surface area contributed by atoms with Crippen molar-refractivity contribution in [3.8, 4) is 57.5 Å². The Morgan fingerprint density at radius 3 is 1.19 bits per heavy atom. The molecule has 44 heteroatoms. The van der Waals surface area contributed by atoms with Crippen LogP contribution in [0.25, 0.3) is 0 Å². The first kappa shape index (κ1) is 110. The molecule has 5 N–H and O–H groups in total. The number of pyridine rings is 4. The minimum Gasteiger partial charge on any atom is -0.506 e. The molecule has 13 aromatic rings. The maximum atomic E-state index is 12.9. The van der Waals surface area contributed by atoms with E-state index in [1.807, 2.05) is 79.7 Å². The Labute approximate surface area is 837 Å². The lowest BCUT2D eigenvalue weighted by Gasteiger charge is -2.15. The predicted octanol–water partition coefficient (Wildman–Crippen LogP) is 20.0. The number of aromatic hydroxyl groups is 1. The molecule has 0 atom stereocenters. The number of nitrogens with zero attached hydrogens (tertiary/aromatic N) is 7. The van der Waals surface area contributed by atoms with Gasteiger partial charge in [-0.15, -0.1) is 25.6 Å². The summed E-state index contributed by atoms with van der Waals surface area (Å²) < 4.78 is 220. The minimum atomic E-state index is -4.74. The molecule has 4 aromatic heterocycles. The van der Waals surface area contributed by atoms with E-state index in [0.717, 1.165) is 90.3 Å². The molecule has 0 aliphatic carbocycles. The average Bonchev–Trinajstić information content (AvgIpc) is 1.62. The lowest BCUT2D eigenvalue weighted by molar-refractivity contribution is -0.274. The molecule has 0 bridgehead atoms. The number of methoxy groups -OCH3 is 2. The van der Waals surface area contributed by atoms with E-state index in [0.29, 0.717) is 109 Å². The second kappa shape index (κ2) is 52.3. The Morgan fingerprint density at radius 2 is 0.827 bits per heavy atom. The lowest BCUT2D eigenvalue weighted by atomic mass is 10.1. The number of carboxylic acid groups (broad SMARTS) is 1. The second-order valence-electron chi connectivity index (χ2n) is 29.7. The van der Waals surface area contributed by atoms with Crippen molar-refractivity contribution in [2.75, 3.05) is 34.6 Å². The van der Waals surface area contributed by atoms with E-state index in [1.54, 1.807) is 198 Å². The number of fused-ring (bicyclic) bond motifs is 5. The third-order valence-corrected chi connectivity index (χ3v) is 30.3. The van der Waals surface area contributed by atoms with Crippen LogP contribution in [0.5, 0.6) is 57.5 Å². The molecule has 738 valence electrons. The molecule has 0 saturated carbocycles. The van der Waals surface area contributed by atoms with Gasteiger partial charge in [0.05, 0.1) is 78.6 Å². The topological polar surface area (TPSA) is 398 Å². The SMILES string of the molecule is C1CCOC1.CCC(=O)O.COc1ccc(CN2Cc3cc(Br)ccc3S2(=O)=O)cc1.COc1ccc(CN2Cc3cc(Oc4cccnc4)ccc3S2(=O)=O)cc1.Cc1ccc(Cl)c(CN2Cc3cc(Oc4cccnc4)ccc3S2(=O)=O)c1.Cl.O=S1(=O)NCc2cc(Br)ccc21.O=S1(=O)NCc2cc(Oc3cccnc3)ccc21.OCc1cc(OC(F)(F)F)ccc1Cl.Oc1cccnc1.[2H]CF. The lowest BCUT2D eigenvalue weighted by Crippen LogP contribution is -2.24. The summed E-state index contributed by atoms with van der Waals surface area (Å²) in [5.41, 5.74) is 7.66. The number of hydrogen-bond acceptors (Lipinski definition) is 24. The number of alkyl halides is 4. The highest BCUT2D eigenvalue weighted by molar-refractivity contribution is 9.10. The summed E-state index contributed by atoms with van der Waals surface area (Å²) >= 11 is 18.5. The van der Waals surface area contributed by atoms with Crippen LogP contribution in [0.3, 0.4) is 0 Å². The van der Waals surface area contributed by atoms with Crippen molar-refractivity contribution in [2.45, 2.75) is 123 Å². The highest BCUT2D eigenvalue weighted by Crippen LogP contribution is 2.40. The zero-order valence-corrected chi connectivity index (χ0v) is 84.0. The number of rotatable bonds is 17. The van der Waals surface area contributed by atoms with Gasteiger partial charge in [0.25, 0.3) is 0 Å². The van der Waals surface area contributed by atoms with Gasteiger partial charge in [-0.25, -0.2) is 51.5 Å². The number of hydrogen-bond donors (Lipinski definition) is 5. The highest BCUT2D eigenvalue weighted by atomic mass is 79.9. The zero-order chi connectivity index (χ0) is 101. The summed E-state index contributed by atoms with van der Waals surface area (Å²) in [5.74, 6) is 4.15. The number of benzene rings is 9. The minimum absolute atomic E-state index is 0. The fourth-order valence-electron chi connectivity index (χ4n) is 13.3. The van der Waals surface area contributed by atoms with Crippen molar-refractivity contribution >= 4 is 124 Å². The van der Waals surface area contributed by atoms with Crippen LogP contribution in [0.1, 0.15) is 83.2 Å². The second-order valence-corrected chi connectivity index (χ2v) is 41.5. The largest absolute Gasteiger partial charge is 0.573 e. The number of aliphatic carboxylic acids is 1. The Bertz CT molecular complexity index is 6920. The molecule has 1 fully saturated rings. The van der Waals surface area contributed by atoms with Gasteiger partial charge in [-0.1, -0.05) is 104 Å². The quantitative estimate of drug-likeness (QED) is 0.0529. The van der Waals surface area contributed by atoms with Gasteiger partial charge in [-0.05, 0) is 258 Å². The molecular formula is C95H94Br2Cl3F4N9O21S5. The first-order valence-corrected chi connectivity index (χ1v) is 51.0. The number of aromatic nitrogens is 4. The molecule has 6 aliphatic rings. The van der Waals surface area contributed by atoms with Crippen LogP contribution in [0.15, 0.2) is 307 Å². The van der Waals surface area contributed by atoms with E-state index < -0.39 is 82.0 Å². The molecule has 139 heavy (non-hydrogen) atoms. The molecule has 19 rings (SSSR count). The fourth-order valence-corrected chi connectivity index (χ4v) is 21.7. The molecule has 0 radical (unpaired) electrons. The number of aliphatic hydroxyl groups excluding tert-OH is 1. The van der Waals surface area contributed by atoms with E-state index in [-0.39, 0.29) is 48.3 Å². The van der Waals surface area contributed by atoms with E-state index in [9.17, 15) is 64.4 Å². The number of carboxylic acids is 1. The van der Waals surface area contributed by atoms with Crippen LogP contribution in [0.2, 0.25) is 10.0 Å². The number of aryl methyl sites for hydroxylation is 1. The molecule has 0 amide bonds. The van der Waals surface area contributed by atoms with Gasteiger partial charge in [0.1, 0.15) is 57.5 Å². The zero-order valence-electron chi connectivity index (χ0n) is 75.4. The maximum absolute atomic E-state index is 12.9. The molecule has 6 aliphatic heterocycles. The van der Waals surface area contributed by atoms with Crippen molar-refractivity contribution < 1.29 is 114 Å². The highest BCUT2D eigenvalue weighted by Gasteiger charge is 2.39. The van der Waals surface area contributed by atoms with Gasteiger partial charge in [-0.3, -0.25) is 29.1 Å². The van der Waals surface area contributed by atoms with Gasteiger partial charge in [0.15, 0.2) is 0 Å². The third kappa shape index (κ3) is 32.6. The van der Waals surface area contributed by atoms with Crippen molar-refractivity contribution in [1.82, 2.24) is 42.3 Å². The van der Waals surface area contributed by atoms with Crippen LogP contribution in [-0.4, -0.2) is 137 Å². The van der Waals surface area contributed by atoms with Crippen LogP contribution >= 0.6 is 67.5 Å². The monoisotopic (exact) mass is 2200 g/mol. The Hall–Kier alpha value is -11.3. The first-order chi connectivity index (χ1) is 66.2. The summed E-state index contributed by atoms with van der Waals surface area (Å²) in [7, 11) is -14.8. The molecule has 1 saturated heterocycles. The van der Waals surface area contributed by atoms with E-state index in [2.05, 4.69) is 66.0 Å². The van der Waals surface area contributed by atoms with E-state index in [1.165, 1.54) is 38.0 Å². The van der Waals surface area contributed by atoms with Crippen LogP contribution in [-0.2, 0) is 119 Å². The molecule has 0 unspecified atom stereocenters. The van der Waals surface area contributed by atoms with Gasteiger partial charge in [0.2, 0.25) is 50.1 Å². The summed E-state index contributed by atoms with van der Waals surface area (Å²) in [6.45, 7) is 7.72. The average molecular weight is 2200 g/mol. The summed E-state index contributed by atoms with van der Waals surface area (Å²) in [4.78, 5) is 26.7. The number of aliphatic hydroxyl groups is 1. The fraction of sp³-hybridized carbons (Fsp3) is 0.211. The van der Waals surface area contributed by atoms with Crippen molar-refractivity contribution in [3.05, 3.63) is 349 Å². The molecule has 30 nitrogen and oxygen atoms in total. The molecule has 0 spiro atoms. The molecular weight excluding hydrogens is 2110 g/mol. The summed E-state index contributed by atoms with van der Waals surface area (Å²) in [6, 6.07) is 63.1. The van der Waals surface area contributed by atoms with Crippen LogP contribution < -0.4 is 37.9 Å². The van der Waals surface area contributed by atoms with Crippen molar-refractivity contribution in [2.24, 2.45) is 0 Å². The van der Waals surface area contributed by atoms with Gasteiger partial charge in [0, 0.05) is 116 Å². The number of halogens is 9. The number of carbonyl (C=O) groups is 1. The Balaban J connectivity index is 0.000000183. The Kier molecular flexibility index (Phi) is 41.2. The smallest absolute Gasteiger partial charge is 0.506 e. The van der Waals surface area contributed by atoms with Crippen molar-refractivity contribution in [1.29, 1.82) is 0 Å². The summed E-state index contributed by atoms with van der Waals surface area (Å²) in [6.07, 6.45) is 10.8. The number of ether oxygens (including phenoxy) is 7. The normalized spacial score (nSPS) is 15.1. The van der Waals surface area contributed by atoms with Crippen LogP contribution in [0, 0.1) is 6.92 Å². The van der Waals surface area contributed by atoms with Gasteiger partial charge in [-0.2, -0.15) is 12.9 Å². The first-order valence-electron chi connectivity index (χ1n) is 42.0. The van der Waals surface area contributed by atoms with E-state index in [4.69, 9.17) is 68.3 Å². The summed E-state index contributed by atoms with van der Waals surface area (Å²) in [5, 5.41) is 25.8.